The van der Waals surface area contributed by atoms with E-state index < -0.39 is 6.09 Å². The summed E-state index contributed by atoms with van der Waals surface area (Å²) in [6.45, 7) is 0.803. The third-order valence-corrected chi connectivity index (χ3v) is 5.18. The number of carbonyl (C=O) groups excluding carboxylic acids is 2. The van der Waals surface area contributed by atoms with E-state index in [1.807, 2.05) is 24.3 Å². The highest BCUT2D eigenvalue weighted by atomic mass is 79.9. The Morgan fingerprint density at radius 3 is 2.81 bits per heavy atom. The molecule has 1 aliphatic rings. The number of aromatic nitrogens is 1. The van der Waals surface area contributed by atoms with Crippen molar-refractivity contribution in [2.45, 2.75) is 0 Å². The van der Waals surface area contributed by atoms with Gasteiger partial charge in [0.1, 0.15) is 18.1 Å². The molecule has 27 heavy (non-hydrogen) atoms. The standard InChI is InChI=1S/C19H16BrN3O4/c1-26-15-10-11(6-7-14(15)23-8-9-27-19(23)25)21-18(24)17-16(20)12-4-2-3-5-13(12)22-17/h2-7,10,22H,8-9H2,1H3,(H,21,24). The smallest absolute Gasteiger partial charge is 0.414 e. The molecule has 1 fully saturated rings. The van der Waals surface area contributed by atoms with Gasteiger partial charge in [0, 0.05) is 22.7 Å². The average molecular weight is 430 g/mol. The van der Waals surface area contributed by atoms with E-state index in [4.69, 9.17) is 9.47 Å². The van der Waals surface area contributed by atoms with E-state index >= 15 is 0 Å². The van der Waals surface area contributed by atoms with Crippen molar-refractivity contribution in [1.29, 1.82) is 0 Å². The van der Waals surface area contributed by atoms with E-state index in [-0.39, 0.29) is 5.91 Å². The number of nitrogens with one attached hydrogen (secondary N) is 2. The number of halogens is 1. The monoisotopic (exact) mass is 429 g/mol. The third-order valence-electron chi connectivity index (χ3n) is 4.36. The van der Waals surface area contributed by atoms with Crippen molar-refractivity contribution in [2.75, 3.05) is 30.5 Å². The number of carbonyl (C=O) groups is 2. The maximum absolute atomic E-state index is 12.7. The van der Waals surface area contributed by atoms with Gasteiger partial charge in [0.25, 0.3) is 5.91 Å². The van der Waals surface area contributed by atoms with Gasteiger partial charge in [-0.1, -0.05) is 18.2 Å². The van der Waals surface area contributed by atoms with Crippen LogP contribution in [0, 0.1) is 0 Å². The molecule has 7 nitrogen and oxygen atoms in total. The van der Waals surface area contributed by atoms with Crippen LogP contribution in [0.25, 0.3) is 10.9 Å². The van der Waals surface area contributed by atoms with Crippen molar-refractivity contribution < 1.29 is 19.1 Å². The quantitative estimate of drug-likeness (QED) is 0.652. The predicted molar refractivity (Wildman–Crippen MR) is 106 cm³/mol. The second-order valence-corrected chi connectivity index (χ2v) is 6.76. The molecule has 0 bridgehead atoms. The van der Waals surface area contributed by atoms with Crippen LogP contribution >= 0.6 is 15.9 Å². The molecule has 2 aromatic carbocycles. The summed E-state index contributed by atoms with van der Waals surface area (Å²) in [5.74, 6) is 0.191. The number of methoxy groups -OCH3 is 1. The van der Waals surface area contributed by atoms with Gasteiger partial charge in [-0.2, -0.15) is 0 Å². The number of amides is 2. The van der Waals surface area contributed by atoms with Gasteiger partial charge in [0.2, 0.25) is 0 Å². The van der Waals surface area contributed by atoms with E-state index in [9.17, 15) is 9.59 Å². The molecule has 3 aromatic rings. The van der Waals surface area contributed by atoms with Crippen molar-refractivity contribution in [3.05, 3.63) is 52.6 Å². The van der Waals surface area contributed by atoms with E-state index in [0.29, 0.717) is 40.4 Å². The van der Waals surface area contributed by atoms with E-state index in [2.05, 4.69) is 26.2 Å². The number of rotatable bonds is 4. The summed E-state index contributed by atoms with van der Waals surface area (Å²) in [6, 6.07) is 12.8. The first kappa shape index (κ1) is 17.4. The SMILES string of the molecule is COc1cc(NC(=O)c2[nH]c3ccccc3c2Br)ccc1N1CCOC1=O. The Labute approximate surface area is 163 Å². The molecule has 0 spiro atoms. The molecule has 138 valence electrons. The van der Waals surface area contributed by atoms with Crippen LogP contribution in [0.5, 0.6) is 5.75 Å². The van der Waals surface area contributed by atoms with Gasteiger partial charge in [-0.15, -0.1) is 0 Å². The Morgan fingerprint density at radius 1 is 1.30 bits per heavy atom. The third kappa shape index (κ3) is 3.12. The van der Waals surface area contributed by atoms with Gasteiger partial charge in [0.05, 0.1) is 23.8 Å². The van der Waals surface area contributed by atoms with Crippen LogP contribution in [0.4, 0.5) is 16.2 Å². The Kier molecular flexibility index (Phi) is 4.49. The number of para-hydroxylation sites is 1. The number of ether oxygens (including phenoxy) is 2. The summed E-state index contributed by atoms with van der Waals surface area (Å²) >= 11 is 3.48. The first-order valence-electron chi connectivity index (χ1n) is 8.28. The van der Waals surface area contributed by atoms with E-state index in [0.717, 1.165) is 10.9 Å². The summed E-state index contributed by atoms with van der Waals surface area (Å²) in [4.78, 5) is 29.1. The fourth-order valence-electron chi connectivity index (χ4n) is 3.05. The highest BCUT2D eigenvalue weighted by Crippen LogP contribution is 2.34. The van der Waals surface area contributed by atoms with Crippen molar-refractivity contribution in [1.82, 2.24) is 4.98 Å². The molecular weight excluding hydrogens is 414 g/mol. The molecule has 1 saturated heterocycles. The molecule has 2 heterocycles. The molecule has 2 N–H and O–H groups in total. The zero-order valence-corrected chi connectivity index (χ0v) is 16.0. The lowest BCUT2D eigenvalue weighted by Crippen LogP contribution is -2.24. The molecule has 0 radical (unpaired) electrons. The number of anilines is 2. The molecule has 0 aliphatic carbocycles. The second-order valence-electron chi connectivity index (χ2n) is 5.97. The second kappa shape index (κ2) is 6.96. The minimum Gasteiger partial charge on any atom is -0.494 e. The highest BCUT2D eigenvalue weighted by Gasteiger charge is 2.26. The Hall–Kier alpha value is -3.00. The minimum atomic E-state index is -0.410. The maximum Gasteiger partial charge on any atom is 0.414 e. The number of hydrogen-bond acceptors (Lipinski definition) is 4. The van der Waals surface area contributed by atoms with Crippen LogP contribution in [-0.4, -0.2) is 37.2 Å². The van der Waals surface area contributed by atoms with Gasteiger partial charge >= 0.3 is 6.09 Å². The lowest BCUT2D eigenvalue weighted by molar-refractivity contribution is 0.102. The van der Waals surface area contributed by atoms with Gasteiger partial charge in [-0.05, 0) is 34.1 Å². The molecule has 4 rings (SSSR count). The van der Waals surface area contributed by atoms with Crippen molar-refractivity contribution in [3.63, 3.8) is 0 Å². The summed E-state index contributed by atoms with van der Waals surface area (Å²) in [5, 5.41) is 3.78. The Balaban J connectivity index is 1.61. The Bertz CT molecular complexity index is 1050. The van der Waals surface area contributed by atoms with Crippen LogP contribution in [0.3, 0.4) is 0 Å². The highest BCUT2D eigenvalue weighted by molar-refractivity contribution is 9.10. The first-order valence-corrected chi connectivity index (χ1v) is 9.07. The lowest BCUT2D eigenvalue weighted by atomic mass is 10.2. The zero-order chi connectivity index (χ0) is 19.0. The molecule has 2 amide bonds. The lowest BCUT2D eigenvalue weighted by Gasteiger charge is -2.17. The fraction of sp³-hybridized carbons (Fsp3) is 0.158. The number of hydrogen-bond donors (Lipinski definition) is 2. The number of cyclic esters (lactones) is 1. The summed E-state index contributed by atoms with van der Waals surface area (Å²) in [5.41, 5.74) is 2.46. The number of aromatic amines is 1. The van der Waals surface area contributed by atoms with E-state index in [1.54, 1.807) is 18.2 Å². The van der Waals surface area contributed by atoms with E-state index in [1.165, 1.54) is 12.0 Å². The zero-order valence-electron chi connectivity index (χ0n) is 14.4. The van der Waals surface area contributed by atoms with Gasteiger partial charge in [0.15, 0.2) is 0 Å². The summed E-state index contributed by atoms with van der Waals surface area (Å²) in [6.07, 6.45) is -0.410. The molecule has 8 heteroatoms. The molecule has 0 saturated carbocycles. The van der Waals surface area contributed by atoms with Gasteiger partial charge in [-0.3, -0.25) is 9.69 Å². The van der Waals surface area contributed by atoms with Gasteiger partial charge in [-0.25, -0.2) is 4.79 Å². The predicted octanol–water partition coefficient (Wildman–Crippen LogP) is 4.15. The van der Waals surface area contributed by atoms with Crippen LogP contribution in [0.2, 0.25) is 0 Å². The fourth-order valence-corrected chi connectivity index (χ4v) is 3.67. The number of benzene rings is 2. The van der Waals surface area contributed by atoms with Crippen LogP contribution in [0.1, 0.15) is 10.5 Å². The largest absolute Gasteiger partial charge is 0.494 e. The number of H-pyrrole nitrogens is 1. The normalized spacial score (nSPS) is 13.7. The number of nitrogens with zero attached hydrogens (tertiary/aromatic N) is 1. The maximum atomic E-state index is 12.7. The molecule has 1 aromatic heterocycles. The number of fused-ring (bicyclic) bond motifs is 1. The summed E-state index contributed by atoms with van der Waals surface area (Å²) < 4.78 is 11.1. The van der Waals surface area contributed by atoms with Crippen molar-refractivity contribution in [3.8, 4) is 5.75 Å². The Morgan fingerprint density at radius 2 is 2.11 bits per heavy atom. The van der Waals surface area contributed by atoms with Crippen molar-refractivity contribution >= 4 is 50.2 Å². The van der Waals surface area contributed by atoms with Crippen molar-refractivity contribution in [2.24, 2.45) is 0 Å². The minimum absolute atomic E-state index is 0.284. The molecule has 1 aliphatic heterocycles. The average Bonchev–Trinajstić information content (AvgIpc) is 3.25. The summed E-state index contributed by atoms with van der Waals surface area (Å²) in [7, 11) is 1.51. The molecule has 0 atom stereocenters. The first-order chi connectivity index (χ1) is 13.1. The van der Waals surface area contributed by atoms with Crippen LogP contribution in [-0.2, 0) is 4.74 Å². The van der Waals surface area contributed by atoms with Crippen LogP contribution < -0.4 is 15.0 Å². The molecule has 0 unspecified atom stereocenters. The van der Waals surface area contributed by atoms with Gasteiger partial charge < -0.3 is 19.8 Å². The molecular formula is C19H16BrN3O4. The van der Waals surface area contributed by atoms with Crippen LogP contribution in [0.15, 0.2) is 46.9 Å². The topological polar surface area (TPSA) is 83.7 Å².